The Morgan fingerprint density at radius 2 is 2.28 bits per heavy atom. The van der Waals surface area contributed by atoms with E-state index in [-0.39, 0.29) is 12.5 Å². The summed E-state index contributed by atoms with van der Waals surface area (Å²) in [6, 6.07) is 3.65. The Morgan fingerprint density at radius 3 is 2.89 bits per heavy atom. The highest BCUT2D eigenvalue weighted by Crippen LogP contribution is 2.15. The Morgan fingerprint density at radius 1 is 1.50 bits per heavy atom. The van der Waals surface area contributed by atoms with E-state index in [0.717, 1.165) is 31.7 Å². The lowest BCUT2D eigenvalue weighted by Gasteiger charge is -2.30. The third kappa shape index (κ3) is 3.85. The number of rotatable bonds is 5. The van der Waals surface area contributed by atoms with Crippen LogP contribution in [0.15, 0.2) is 22.8 Å². The van der Waals surface area contributed by atoms with Crippen LogP contribution in [0.2, 0.25) is 0 Å². The molecule has 0 atom stereocenters. The number of hydrogen-bond donors (Lipinski definition) is 2. The molecule has 0 saturated carbocycles. The molecule has 100 valence electrons. The second kappa shape index (κ2) is 6.56. The topological polar surface area (TPSA) is 65.7 Å². The van der Waals surface area contributed by atoms with Crippen LogP contribution in [0, 0.1) is 5.92 Å². The van der Waals surface area contributed by atoms with Gasteiger partial charge in [-0.1, -0.05) is 0 Å². The molecular weight excluding hydrogens is 232 g/mol. The predicted octanol–water partition coefficient (Wildman–Crippen LogP) is 0.600. The van der Waals surface area contributed by atoms with Crippen molar-refractivity contribution in [2.45, 2.75) is 19.4 Å². The molecule has 1 amide bonds. The molecule has 1 aliphatic rings. The first-order chi connectivity index (χ1) is 8.78. The van der Waals surface area contributed by atoms with E-state index in [9.17, 15) is 4.79 Å². The number of amides is 1. The minimum Gasteiger partial charge on any atom is -0.467 e. The van der Waals surface area contributed by atoms with Crippen LogP contribution in [0.3, 0.4) is 0 Å². The summed E-state index contributed by atoms with van der Waals surface area (Å²) in [6.45, 7) is 2.91. The van der Waals surface area contributed by atoms with Crippen LogP contribution in [0.4, 0.5) is 0 Å². The molecule has 2 heterocycles. The number of piperidine rings is 1. The average molecular weight is 252 g/mol. The molecule has 0 bridgehead atoms. The molecule has 0 spiro atoms. The Bertz CT molecular complexity index is 356. The van der Waals surface area contributed by atoms with E-state index in [2.05, 4.69) is 10.2 Å². The first kappa shape index (κ1) is 13.1. The second-order valence-corrected chi connectivity index (χ2v) is 4.76. The van der Waals surface area contributed by atoms with E-state index >= 15 is 0 Å². The van der Waals surface area contributed by atoms with Crippen molar-refractivity contribution in [1.82, 2.24) is 10.2 Å². The maximum Gasteiger partial charge on any atom is 0.234 e. The van der Waals surface area contributed by atoms with Gasteiger partial charge in [-0.3, -0.25) is 9.69 Å². The number of carbonyl (C=O) groups is 1. The zero-order valence-electron chi connectivity index (χ0n) is 10.5. The van der Waals surface area contributed by atoms with Gasteiger partial charge in [-0.15, -0.1) is 0 Å². The van der Waals surface area contributed by atoms with Crippen LogP contribution in [-0.2, 0) is 11.3 Å². The van der Waals surface area contributed by atoms with Gasteiger partial charge in [0.2, 0.25) is 5.91 Å². The molecule has 0 radical (unpaired) electrons. The van der Waals surface area contributed by atoms with E-state index in [1.54, 1.807) is 12.3 Å². The molecule has 5 nitrogen and oxygen atoms in total. The number of carbonyl (C=O) groups excluding carboxylic acids is 1. The summed E-state index contributed by atoms with van der Waals surface area (Å²) < 4.78 is 5.15. The summed E-state index contributed by atoms with van der Waals surface area (Å²) in [5.41, 5.74) is 0. The molecule has 1 fully saturated rings. The Balaban J connectivity index is 1.65. The number of aliphatic hydroxyl groups is 1. The van der Waals surface area contributed by atoms with Crippen molar-refractivity contribution in [3.63, 3.8) is 0 Å². The van der Waals surface area contributed by atoms with Crippen LogP contribution in [-0.4, -0.2) is 42.2 Å². The summed E-state index contributed by atoms with van der Waals surface area (Å²) >= 11 is 0. The first-order valence-electron chi connectivity index (χ1n) is 6.40. The van der Waals surface area contributed by atoms with Crippen LogP contribution < -0.4 is 5.32 Å². The summed E-state index contributed by atoms with van der Waals surface area (Å²) in [7, 11) is 0. The van der Waals surface area contributed by atoms with Crippen LogP contribution in [0.1, 0.15) is 18.6 Å². The third-order valence-electron chi connectivity index (χ3n) is 3.37. The van der Waals surface area contributed by atoms with Crippen molar-refractivity contribution in [3.05, 3.63) is 24.2 Å². The second-order valence-electron chi connectivity index (χ2n) is 4.76. The van der Waals surface area contributed by atoms with E-state index < -0.39 is 0 Å². The zero-order valence-corrected chi connectivity index (χ0v) is 10.5. The van der Waals surface area contributed by atoms with Gasteiger partial charge in [-0.25, -0.2) is 0 Å². The van der Waals surface area contributed by atoms with E-state index in [1.165, 1.54) is 0 Å². The lowest BCUT2D eigenvalue weighted by atomic mass is 9.98. The maximum absolute atomic E-state index is 11.7. The Labute approximate surface area is 107 Å². The molecule has 0 unspecified atom stereocenters. The van der Waals surface area contributed by atoms with Gasteiger partial charge in [0, 0.05) is 6.61 Å². The molecule has 0 aliphatic carbocycles. The van der Waals surface area contributed by atoms with Gasteiger partial charge in [-0.2, -0.15) is 0 Å². The maximum atomic E-state index is 11.7. The zero-order chi connectivity index (χ0) is 12.8. The highest BCUT2D eigenvalue weighted by Gasteiger charge is 2.19. The van der Waals surface area contributed by atoms with E-state index in [1.807, 2.05) is 6.07 Å². The fraction of sp³-hybridized carbons (Fsp3) is 0.615. The molecule has 1 aromatic rings. The minimum atomic E-state index is 0.0221. The first-order valence-corrected chi connectivity index (χ1v) is 6.40. The van der Waals surface area contributed by atoms with E-state index in [4.69, 9.17) is 9.52 Å². The number of hydrogen-bond acceptors (Lipinski definition) is 4. The largest absolute Gasteiger partial charge is 0.467 e. The molecule has 1 aliphatic heterocycles. The minimum absolute atomic E-state index is 0.0221. The van der Waals surface area contributed by atoms with Gasteiger partial charge in [0.15, 0.2) is 0 Å². The highest BCUT2D eigenvalue weighted by atomic mass is 16.3. The normalized spacial score (nSPS) is 17.8. The Kier molecular flexibility index (Phi) is 4.78. The van der Waals surface area contributed by atoms with Gasteiger partial charge in [0.25, 0.3) is 0 Å². The molecule has 1 saturated heterocycles. The van der Waals surface area contributed by atoms with Crippen molar-refractivity contribution < 1.29 is 14.3 Å². The van der Waals surface area contributed by atoms with Crippen molar-refractivity contribution >= 4 is 5.91 Å². The van der Waals surface area contributed by atoms with Gasteiger partial charge < -0.3 is 14.8 Å². The highest BCUT2D eigenvalue weighted by molar-refractivity contribution is 5.77. The van der Waals surface area contributed by atoms with Gasteiger partial charge in [0.1, 0.15) is 5.76 Å². The van der Waals surface area contributed by atoms with Crippen molar-refractivity contribution in [2.75, 3.05) is 26.2 Å². The lowest BCUT2D eigenvalue weighted by Crippen LogP contribution is -2.41. The molecule has 18 heavy (non-hydrogen) atoms. The summed E-state index contributed by atoms with van der Waals surface area (Å²) in [6.07, 6.45) is 3.55. The smallest absolute Gasteiger partial charge is 0.234 e. The third-order valence-corrected chi connectivity index (χ3v) is 3.37. The average Bonchev–Trinajstić information content (AvgIpc) is 2.90. The summed E-state index contributed by atoms with van der Waals surface area (Å²) in [5, 5.41) is 11.9. The predicted molar refractivity (Wildman–Crippen MR) is 66.8 cm³/mol. The van der Waals surface area contributed by atoms with E-state index in [0.29, 0.717) is 19.0 Å². The molecular formula is C13H20N2O3. The number of furan rings is 1. The number of nitrogens with one attached hydrogen (secondary N) is 1. The number of likely N-dealkylation sites (tertiary alicyclic amines) is 1. The van der Waals surface area contributed by atoms with Crippen LogP contribution in [0.5, 0.6) is 0 Å². The number of aliphatic hydroxyl groups excluding tert-OH is 1. The summed E-state index contributed by atoms with van der Waals surface area (Å²) in [5.74, 6) is 1.20. The fourth-order valence-electron chi connectivity index (χ4n) is 2.18. The molecule has 1 aromatic heterocycles. The number of nitrogens with zero attached hydrogens (tertiary/aromatic N) is 1. The van der Waals surface area contributed by atoms with Crippen molar-refractivity contribution in [2.24, 2.45) is 5.92 Å². The fourth-order valence-corrected chi connectivity index (χ4v) is 2.18. The van der Waals surface area contributed by atoms with Crippen LogP contribution >= 0.6 is 0 Å². The summed E-state index contributed by atoms with van der Waals surface area (Å²) in [4.78, 5) is 13.8. The quantitative estimate of drug-likeness (QED) is 0.805. The Hall–Kier alpha value is -1.33. The van der Waals surface area contributed by atoms with Gasteiger partial charge >= 0.3 is 0 Å². The monoisotopic (exact) mass is 252 g/mol. The van der Waals surface area contributed by atoms with Crippen LogP contribution in [0.25, 0.3) is 0 Å². The standard InChI is InChI=1S/C13H20N2O3/c16-10-11-3-5-15(6-4-11)9-13(17)14-8-12-2-1-7-18-12/h1-2,7,11,16H,3-6,8-10H2,(H,14,17). The molecule has 2 rings (SSSR count). The molecule has 0 aromatic carbocycles. The molecule has 5 heteroatoms. The van der Waals surface area contributed by atoms with Gasteiger partial charge in [-0.05, 0) is 44.0 Å². The SMILES string of the molecule is O=C(CN1CCC(CO)CC1)NCc1ccco1. The van der Waals surface area contributed by atoms with Crippen molar-refractivity contribution in [3.8, 4) is 0 Å². The van der Waals surface area contributed by atoms with Gasteiger partial charge in [0.05, 0.1) is 19.4 Å². The van der Waals surface area contributed by atoms with Crippen molar-refractivity contribution in [1.29, 1.82) is 0 Å². The molecule has 2 N–H and O–H groups in total. The lowest BCUT2D eigenvalue weighted by molar-refractivity contribution is -0.122.